The molecule has 0 bridgehead atoms. The molecule has 1 aliphatic heterocycles. The summed E-state index contributed by atoms with van der Waals surface area (Å²) in [5, 5.41) is 4.40. The molecule has 3 rings (SSSR count). The molecule has 5 nitrogen and oxygen atoms in total. The summed E-state index contributed by atoms with van der Waals surface area (Å²) in [5.74, 6) is 0.860. The minimum Gasteiger partial charge on any atom is -0.378 e. The third-order valence-corrected chi connectivity index (χ3v) is 3.49. The maximum atomic E-state index is 5.95. The van der Waals surface area contributed by atoms with Gasteiger partial charge in [0.05, 0.1) is 13.2 Å². The lowest BCUT2D eigenvalue weighted by atomic mass is 10.4. The Balaban J connectivity index is 2.13. The second-order valence-electron chi connectivity index (χ2n) is 3.76. The van der Waals surface area contributed by atoms with E-state index in [1.807, 2.05) is 12.1 Å². The van der Waals surface area contributed by atoms with Crippen molar-refractivity contribution in [3.05, 3.63) is 22.0 Å². The normalized spacial score (nSPS) is 16.7. The summed E-state index contributed by atoms with van der Waals surface area (Å²) >= 11 is 9.38. The van der Waals surface area contributed by atoms with Gasteiger partial charge in [-0.1, -0.05) is 0 Å². The Kier molecular flexibility index (Phi) is 2.94. The minimum absolute atomic E-state index is 0.246. The zero-order valence-corrected chi connectivity index (χ0v) is 11.3. The summed E-state index contributed by atoms with van der Waals surface area (Å²) in [6.45, 7) is 3.09. The largest absolute Gasteiger partial charge is 0.378 e. The SMILES string of the molecule is Clc1nc(N2CCOCC2)c2ccc(Br)n2n1. The lowest BCUT2D eigenvalue weighted by Gasteiger charge is -2.28. The maximum absolute atomic E-state index is 5.95. The first-order valence-electron chi connectivity index (χ1n) is 5.29. The van der Waals surface area contributed by atoms with E-state index in [1.54, 1.807) is 4.52 Å². The van der Waals surface area contributed by atoms with Crippen molar-refractivity contribution >= 4 is 38.9 Å². The van der Waals surface area contributed by atoms with Crippen LogP contribution in [0.3, 0.4) is 0 Å². The molecule has 0 N–H and O–H groups in total. The van der Waals surface area contributed by atoms with Gasteiger partial charge in [0.1, 0.15) is 10.1 Å². The summed E-state index contributed by atoms with van der Waals surface area (Å²) in [4.78, 5) is 6.49. The Morgan fingerprint density at radius 1 is 1.29 bits per heavy atom. The fraction of sp³-hybridized carbons (Fsp3) is 0.400. The van der Waals surface area contributed by atoms with Crippen molar-refractivity contribution in [3.8, 4) is 0 Å². The van der Waals surface area contributed by atoms with Gasteiger partial charge < -0.3 is 9.64 Å². The highest BCUT2D eigenvalue weighted by atomic mass is 79.9. The van der Waals surface area contributed by atoms with Crippen molar-refractivity contribution < 1.29 is 4.74 Å². The fourth-order valence-corrected chi connectivity index (χ4v) is 2.49. The predicted molar refractivity (Wildman–Crippen MR) is 68.7 cm³/mol. The summed E-state index contributed by atoms with van der Waals surface area (Å²) in [6, 6.07) is 3.91. The molecule has 3 heterocycles. The van der Waals surface area contributed by atoms with Crippen LogP contribution in [0.5, 0.6) is 0 Å². The smallest absolute Gasteiger partial charge is 0.243 e. The standard InChI is InChI=1S/C10H10BrClN4O/c11-8-2-1-7-9(13-10(12)14-16(7)8)15-3-5-17-6-4-15/h1-2H,3-6H2. The highest BCUT2D eigenvalue weighted by Crippen LogP contribution is 2.25. The van der Waals surface area contributed by atoms with Crippen molar-refractivity contribution in [3.63, 3.8) is 0 Å². The van der Waals surface area contributed by atoms with E-state index in [1.165, 1.54) is 0 Å². The van der Waals surface area contributed by atoms with Crippen LogP contribution >= 0.6 is 27.5 Å². The van der Waals surface area contributed by atoms with Crippen LogP contribution in [0.15, 0.2) is 16.7 Å². The Bertz CT molecular complexity index is 552. The van der Waals surface area contributed by atoms with Gasteiger partial charge in [0.2, 0.25) is 5.28 Å². The van der Waals surface area contributed by atoms with Crippen LogP contribution < -0.4 is 4.90 Å². The number of aromatic nitrogens is 3. The highest BCUT2D eigenvalue weighted by Gasteiger charge is 2.18. The quantitative estimate of drug-likeness (QED) is 0.806. The molecular formula is C10H10BrClN4O. The van der Waals surface area contributed by atoms with Crippen LogP contribution in [0.4, 0.5) is 5.82 Å². The fourth-order valence-electron chi connectivity index (χ4n) is 1.93. The molecule has 0 amide bonds. The van der Waals surface area contributed by atoms with Crippen LogP contribution in [0, 0.1) is 0 Å². The molecule has 0 atom stereocenters. The summed E-state index contributed by atoms with van der Waals surface area (Å²) < 4.78 is 7.95. The van der Waals surface area contributed by atoms with Crippen molar-refractivity contribution in [2.45, 2.75) is 0 Å². The molecule has 2 aromatic heterocycles. The van der Waals surface area contributed by atoms with Crippen molar-refractivity contribution in [1.29, 1.82) is 0 Å². The Morgan fingerprint density at radius 3 is 2.82 bits per heavy atom. The molecule has 0 saturated carbocycles. The summed E-state index contributed by atoms with van der Waals surface area (Å²) in [5.41, 5.74) is 0.947. The number of nitrogens with zero attached hydrogens (tertiary/aromatic N) is 4. The molecule has 0 aliphatic carbocycles. The van der Waals surface area contributed by atoms with Gasteiger partial charge in [-0.05, 0) is 39.7 Å². The van der Waals surface area contributed by atoms with Gasteiger partial charge in [-0.2, -0.15) is 4.98 Å². The zero-order valence-electron chi connectivity index (χ0n) is 8.94. The average molecular weight is 318 g/mol. The topological polar surface area (TPSA) is 42.7 Å². The first kappa shape index (κ1) is 11.3. The lowest BCUT2D eigenvalue weighted by molar-refractivity contribution is 0.122. The van der Waals surface area contributed by atoms with Crippen molar-refractivity contribution in [2.75, 3.05) is 31.2 Å². The molecule has 17 heavy (non-hydrogen) atoms. The molecule has 0 aromatic carbocycles. The zero-order chi connectivity index (χ0) is 11.8. The van der Waals surface area contributed by atoms with E-state index < -0.39 is 0 Å². The predicted octanol–water partition coefficient (Wildman–Crippen LogP) is 1.98. The number of rotatable bonds is 1. The molecule has 1 aliphatic rings. The Hall–Kier alpha value is -0.850. The molecule has 1 saturated heterocycles. The average Bonchev–Trinajstić information content (AvgIpc) is 2.72. The van der Waals surface area contributed by atoms with Crippen LogP contribution in [-0.4, -0.2) is 40.9 Å². The first-order chi connectivity index (χ1) is 8.25. The van der Waals surface area contributed by atoms with E-state index in [-0.39, 0.29) is 5.28 Å². The van der Waals surface area contributed by atoms with E-state index in [9.17, 15) is 0 Å². The van der Waals surface area contributed by atoms with Crippen LogP contribution in [0.25, 0.3) is 5.52 Å². The van der Waals surface area contributed by atoms with Gasteiger partial charge in [0, 0.05) is 13.1 Å². The second kappa shape index (κ2) is 4.44. The highest BCUT2D eigenvalue weighted by molar-refractivity contribution is 9.10. The van der Waals surface area contributed by atoms with Gasteiger partial charge in [-0.3, -0.25) is 0 Å². The molecular weight excluding hydrogens is 307 g/mol. The van der Waals surface area contributed by atoms with Gasteiger partial charge in [0.25, 0.3) is 0 Å². The number of halogens is 2. The number of morpholine rings is 1. The number of hydrogen-bond acceptors (Lipinski definition) is 4. The van der Waals surface area contributed by atoms with Crippen LogP contribution in [0.1, 0.15) is 0 Å². The Labute approximate surface area is 111 Å². The second-order valence-corrected chi connectivity index (χ2v) is 4.91. The molecule has 0 radical (unpaired) electrons. The Morgan fingerprint density at radius 2 is 2.06 bits per heavy atom. The minimum atomic E-state index is 0.246. The number of fused-ring (bicyclic) bond motifs is 1. The number of hydrogen-bond donors (Lipinski definition) is 0. The molecule has 0 unspecified atom stereocenters. The lowest BCUT2D eigenvalue weighted by Crippen LogP contribution is -2.37. The van der Waals surface area contributed by atoms with Gasteiger partial charge in [-0.15, -0.1) is 5.10 Å². The molecule has 2 aromatic rings. The van der Waals surface area contributed by atoms with Gasteiger partial charge in [-0.25, -0.2) is 4.52 Å². The van der Waals surface area contributed by atoms with Gasteiger partial charge >= 0.3 is 0 Å². The third kappa shape index (κ3) is 2.00. The monoisotopic (exact) mass is 316 g/mol. The first-order valence-corrected chi connectivity index (χ1v) is 6.46. The van der Waals surface area contributed by atoms with E-state index >= 15 is 0 Å². The van der Waals surface area contributed by atoms with E-state index in [4.69, 9.17) is 16.3 Å². The van der Waals surface area contributed by atoms with Gasteiger partial charge in [0.15, 0.2) is 5.82 Å². The van der Waals surface area contributed by atoms with Crippen molar-refractivity contribution in [1.82, 2.24) is 14.6 Å². The summed E-state index contributed by atoms with van der Waals surface area (Å²) in [7, 11) is 0. The van der Waals surface area contributed by atoms with E-state index in [2.05, 4.69) is 30.9 Å². The van der Waals surface area contributed by atoms with E-state index in [0.29, 0.717) is 0 Å². The molecule has 90 valence electrons. The van der Waals surface area contributed by atoms with Crippen LogP contribution in [-0.2, 0) is 4.74 Å². The van der Waals surface area contributed by atoms with Crippen molar-refractivity contribution in [2.24, 2.45) is 0 Å². The molecule has 0 spiro atoms. The molecule has 1 fully saturated rings. The van der Waals surface area contributed by atoms with E-state index in [0.717, 1.165) is 42.2 Å². The number of anilines is 1. The molecule has 7 heteroatoms. The third-order valence-electron chi connectivity index (χ3n) is 2.73. The maximum Gasteiger partial charge on any atom is 0.243 e. The number of ether oxygens (including phenoxy) is 1. The summed E-state index contributed by atoms with van der Waals surface area (Å²) in [6.07, 6.45) is 0. The van der Waals surface area contributed by atoms with Crippen LogP contribution in [0.2, 0.25) is 5.28 Å².